The quantitative estimate of drug-likeness (QED) is 0.766. The molecule has 76 valence electrons. The molecule has 0 saturated heterocycles. The predicted molar refractivity (Wildman–Crippen MR) is 55.4 cm³/mol. The summed E-state index contributed by atoms with van der Waals surface area (Å²) in [6.07, 6.45) is 6.40. The van der Waals surface area contributed by atoms with Crippen molar-refractivity contribution < 1.29 is 9.90 Å². The molecule has 2 aromatic rings. The van der Waals surface area contributed by atoms with E-state index in [-0.39, 0.29) is 5.56 Å². The Kier molecular flexibility index (Phi) is 4.53. The van der Waals surface area contributed by atoms with Gasteiger partial charge in [0.15, 0.2) is 0 Å². The third-order valence-electron chi connectivity index (χ3n) is 1.49. The first-order chi connectivity index (χ1) is 7.30. The van der Waals surface area contributed by atoms with Crippen molar-refractivity contribution in [3.05, 3.63) is 60.7 Å². The first kappa shape index (κ1) is 10.8. The van der Waals surface area contributed by atoms with Crippen molar-refractivity contribution in [3.8, 4) is 0 Å². The summed E-state index contributed by atoms with van der Waals surface area (Å²) in [6, 6.07) is 8.61. The monoisotopic (exact) mass is 202 g/mol. The zero-order valence-corrected chi connectivity index (χ0v) is 7.95. The summed E-state index contributed by atoms with van der Waals surface area (Å²) in [6.45, 7) is 0. The number of hydrogen-bond acceptors (Lipinski definition) is 3. The second-order valence-corrected chi connectivity index (χ2v) is 2.57. The molecule has 0 aromatic carbocycles. The molecule has 1 N–H and O–H groups in total. The molecule has 0 radical (unpaired) electrons. The lowest BCUT2D eigenvalue weighted by Gasteiger charge is -1.87. The fraction of sp³-hybridized carbons (Fsp3) is 0. The zero-order valence-electron chi connectivity index (χ0n) is 7.95. The van der Waals surface area contributed by atoms with Crippen molar-refractivity contribution in [1.82, 2.24) is 9.97 Å². The van der Waals surface area contributed by atoms with E-state index >= 15 is 0 Å². The fourth-order valence-electron chi connectivity index (χ4n) is 0.807. The normalized spacial score (nSPS) is 8.53. The molecule has 2 heterocycles. The number of carbonyl (C=O) groups is 1. The van der Waals surface area contributed by atoms with E-state index < -0.39 is 5.97 Å². The summed E-state index contributed by atoms with van der Waals surface area (Å²) >= 11 is 0. The van der Waals surface area contributed by atoms with Gasteiger partial charge in [0.1, 0.15) is 0 Å². The SMILES string of the molecule is O=C(O)c1ccncc1.c1ccncc1. The number of nitrogens with zero attached hydrogens (tertiary/aromatic N) is 2. The van der Waals surface area contributed by atoms with Crippen LogP contribution in [-0.2, 0) is 0 Å². The van der Waals surface area contributed by atoms with Crippen LogP contribution in [0.5, 0.6) is 0 Å². The first-order valence-electron chi connectivity index (χ1n) is 4.29. The van der Waals surface area contributed by atoms with Gasteiger partial charge in [-0.15, -0.1) is 0 Å². The van der Waals surface area contributed by atoms with Gasteiger partial charge in [-0.05, 0) is 24.3 Å². The third kappa shape index (κ3) is 4.52. The van der Waals surface area contributed by atoms with Crippen LogP contribution in [0.15, 0.2) is 55.1 Å². The van der Waals surface area contributed by atoms with Crippen molar-refractivity contribution in [3.63, 3.8) is 0 Å². The van der Waals surface area contributed by atoms with Gasteiger partial charge in [0.2, 0.25) is 0 Å². The number of carboxylic acids is 1. The van der Waals surface area contributed by atoms with E-state index in [0.29, 0.717) is 0 Å². The predicted octanol–water partition coefficient (Wildman–Crippen LogP) is 1.86. The van der Waals surface area contributed by atoms with E-state index in [4.69, 9.17) is 5.11 Å². The summed E-state index contributed by atoms with van der Waals surface area (Å²) < 4.78 is 0. The molecule has 0 unspecified atom stereocenters. The van der Waals surface area contributed by atoms with Gasteiger partial charge in [-0.1, -0.05) is 6.07 Å². The molecule has 2 aromatic heterocycles. The van der Waals surface area contributed by atoms with Gasteiger partial charge in [-0.2, -0.15) is 0 Å². The van der Waals surface area contributed by atoms with Crippen LogP contribution in [0.25, 0.3) is 0 Å². The van der Waals surface area contributed by atoms with Gasteiger partial charge in [0, 0.05) is 24.8 Å². The molecule has 0 saturated carbocycles. The lowest BCUT2D eigenvalue weighted by atomic mass is 10.3. The van der Waals surface area contributed by atoms with Crippen LogP contribution in [-0.4, -0.2) is 21.0 Å². The Bertz CT molecular complexity index is 363. The average Bonchev–Trinajstić information content (AvgIpc) is 2.33. The summed E-state index contributed by atoms with van der Waals surface area (Å²) in [5, 5.41) is 8.36. The zero-order chi connectivity index (χ0) is 10.9. The Morgan fingerprint density at radius 2 is 1.47 bits per heavy atom. The average molecular weight is 202 g/mol. The lowest BCUT2D eigenvalue weighted by molar-refractivity contribution is 0.0697. The highest BCUT2D eigenvalue weighted by Crippen LogP contribution is 1.93. The van der Waals surface area contributed by atoms with Crippen molar-refractivity contribution in [1.29, 1.82) is 0 Å². The largest absolute Gasteiger partial charge is 0.478 e. The molecular formula is C11H10N2O2. The van der Waals surface area contributed by atoms with Crippen molar-refractivity contribution in [2.45, 2.75) is 0 Å². The maximum Gasteiger partial charge on any atom is 0.335 e. The van der Waals surface area contributed by atoms with Gasteiger partial charge in [-0.3, -0.25) is 9.97 Å². The summed E-state index contributed by atoms with van der Waals surface area (Å²) in [7, 11) is 0. The van der Waals surface area contributed by atoms with E-state index in [1.54, 1.807) is 12.4 Å². The molecule has 0 aliphatic rings. The molecule has 0 atom stereocenters. The minimum absolute atomic E-state index is 0.269. The molecule has 4 heteroatoms. The van der Waals surface area contributed by atoms with E-state index in [2.05, 4.69) is 9.97 Å². The highest BCUT2D eigenvalue weighted by atomic mass is 16.4. The molecule has 0 aliphatic heterocycles. The summed E-state index contributed by atoms with van der Waals surface area (Å²) in [5.74, 6) is -0.919. The molecule has 15 heavy (non-hydrogen) atoms. The Morgan fingerprint density at radius 3 is 1.73 bits per heavy atom. The molecule has 0 spiro atoms. The highest BCUT2D eigenvalue weighted by Gasteiger charge is 1.97. The second kappa shape index (κ2) is 6.26. The summed E-state index contributed by atoms with van der Waals surface area (Å²) in [4.78, 5) is 17.6. The summed E-state index contributed by atoms with van der Waals surface area (Å²) in [5.41, 5.74) is 0.269. The smallest absolute Gasteiger partial charge is 0.335 e. The Hall–Kier alpha value is -2.23. The van der Waals surface area contributed by atoms with Crippen LogP contribution < -0.4 is 0 Å². The van der Waals surface area contributed by atoms with Gasteiger partial charge < -0.3 is 5.11 Å². The maximum absolute atomic E-state index is 10.2. The highest BCUT2D eigenvalue weighted by molar-refractivity contribution is 5.87. The fourth-order valence-corrected chi connectivity index (χ4v) is 0.807. The number of hydrogen-bond donors (Lipinski definition) is 1. The number of rotatable bonds is 1. The van der Waals surface area contributed by atoms with E-state index in [1.165, 1.54) is 24.5 Å². The molecule has 2 rings (SSSR count). The van der Waals surface area contributed by atoms with Gasteiger partial charge in [0.05, 0.1) is 5.56 Å². The number of aromatic nitrogens is 2. The van der Waals surface area contributed by atoms with Crippen molar-refractivity contribution >= 4 is 5.97 Å². The van der Waals surface area contributed by atoms with Crippen molar-refractivity contribution in [2.24, 2.45) is 0 Å². The standard InChI is InChI=1S/C6H5NO2.C5H5N/c8-6(9)5-1-3-7-4-2-5;1-2-4-6-5-3-1/h1-4H,(H,8,9);1-5H. The first-order valence-corrected chi connectivity index (χ1v) is 4.29. The van der Waals surface area contributed by atoms with Crippen LogP contribution in [0.2, 0.25) is 0 Å². The van der Waals surface area contributed by atoms with Crippen LogP contribution in [0.4, 0.5) is 0 Å². The minimum Gasteiger partial charge on any atom is -0.478 e. The Labute approximate surface area is 87.3 Å². The van der Waals surface area contributed by atoms with Gasteiger partial charge in [-0.25, -0.2) is 4.79 Å². The van der Waals surface area contributed by atoms with Gasteiger partial charge >= 0.3 is 5.97 Å². The van der Waals surface area contributed by atoms with E-state index in [1.807, 2.05) is 18.2 Å². The molecular weight excluding hydrogens is 192 g/mol. The number of pyridine rings is 2. The molecule has 0 bridgehead atoms. The third-order valence-corrected chi connectivity index (χ3v) is 1.49. The molecule has 0 amide bonds. The van der Waals surface area contributed by atoms with E-state index in [9.17, 15) is 4.79 Å². The minimum atomic E-state index is -0.919. The number of carboxylic acid groups (broad SMARTS) is 1. The second-order valence-electron chi connectivity index (χ2n) is 2.57. The van der Waals surface area contributed by atoms with Crippen LogP contribution >= 0.6 is 0 Å². The molecule has 0 fully saturated rings. The lowest BCUT2D eigenvalue weighted by Crippen LogP contribution is -1.94. The van der Waals surface area contributed by atoms with Crippen molar-refractivity contribution in [2.75, 3.05) is 0 Å². The van der Waals surface area contributed by atoms with Gasteiger partial charge in [0.25, 0.3) is 0 Å². The van der Waals surface area contributed by atoms with E-state index in [0.717, 1.165) is 0 Å². The molecule has 0 aliphatic carbocycles. The Morgan fingerprint density at radius 1 is 0.933 bits per heavy atom. The van der Waals surface area contributed by atoms with Crippen LogP contribution in [0.3, 0.4) is 0 Å². The molecule has 4 nitrogen and oxygen atoms in total. The number of aromatic carboxylic acids is 1. The topological polar surface area (TPSA) is 63.1 Å². The maximum atomic E-state index is 10.2. The Balaban J connectivity index is 0.000000162. The van der Waals surface area contributed by atoms with Crippen LogP contribution in [0.1, 0.15) is 10.4 Å². The van der Waals surface area contributed by atoms with Crippen LogP contribution in [0, 0.1) is 0 Å².